The normalized spacial score (nSPS) is 17.1. The van der Waals surface area contributed by atoms with E-state index in [0.29, 0.717) is 12.3 Å². The van der Waals surface area contributed by atoms with Crippen LogP contribution in [-0.4, -0.2) is 34.2 Å². The lowest BCUT2D eigenvalue weighted by Crippen LogP contribution is -2.52. The highest BCUT2D eigenvalue weighted by Gasteiger charge is 2.27. The summed E-state index contributed by atoms with van der Waals surface area (Å²) >= 11 is 0. The Labute approximate surface area is 163 Å². The second-order valence-corrected chi connectivity index (χ2v) is 7.51. The first-order chi connectivity index (χ1) is 13.5. The molecule has 0 saturated heterocycles. The van der Waals surface area contributed by atoms with Crippen molar-refractivity contribution in [2.45, 2.75) is 50.7 Å². The number of aliphatic hydroxyl groups excluding tert-OH is 1. The molecule has 0 spiro atoms. The number of hydrogen-bond donors (Lipinski definition) is 5. The molecule has 2 atom stereocenters. The number of phenolic OH excluding ortho intramolecular Hbond substituents is 1. The molecule has 2 aromatic rings. The second kappa shape index (κ2) is 9.03. The van der Waals surface area contributed by atoms with Crippen LogP contribution < -0.4 is 16.6 Å². The highest BCUT2D eigenvalue weighted by atomic mass is 16.3. The van der Waals surface area contributed by atoms with Crippen molar-refractivity contribution in [1.82, 2.24) is 10.9 Å². The number of benzene rings is 2. The first-order valence-electron chi connectivity index (χ1n) is 9.71. The van der Waals surface area contributed by atoms with E-state index in [1.807, 2.05) is 24.3 Å². The fourth-order valence-corrected chi connectivity index (χ4v) is 3.80. The molecule has 0 bridgehead atoms. The average Bonchev–Trinajstić information content (AvgIpc) is 2.71. The van der Waals surface area contributed by atoms with Crippen molar-refractivity contribution in [1.29, 1.82) is 0 Å². The topological polar surface area (TPSA) is 125 Å². The van der Waals surface area contributed by atoms with Gasteiger partial charge in [0.1, 0.15) is 11.9 Å². The van der Waals surface area contributed by atoms with Gasteiger partial charge in [-0.25, -0.2) is 0 Å². The Hall–Kier alpha value is -2.64. The van der Waals surface area contributed by atoms with Crippen LogP contribution in [-0.2, 0) is 4.79 Å². The Morgan fingerprint density at radius 1 is 1.07 bits per heavy atom. The van der Waals surface area contributed by atoms with Gasteiger partial charge in [0.25, 0.3) is 11.8 Å². The van der Waals surface area contributed by atoms with Crippen molar-refractivity contribution in [3.63, 3.8) is 0 Å². The van der Waals surface area contributed by atoms with Gasteiger partial charge < -0.3 is 15.9 Å². The zero-order valence-corrected chi connectivity index (χ0v) is 15.7. The molecule has 1 aliphatic rings. The molecule has 2 aromatic carbocycles. The fourth-order valence-electron chi connectivity index (χ4n) is 3.80. The smallest absolute Gasteiger partial charge is 0.273 e. The maximum atomic E-state index is 12.3. The number of amides is 2. The first-order valence-corrected chi connectivity index (χ1v) is 9.71. The van der Waals surface area contributed by atoms with Crippen LogP contribution in [0, 0.1) is 5.92 Å². The van der Waals surface area contributed by atoms with Crippen molar-refractivity contribution < 1.29 is 19.8 Å². The van der Waals surface area contributed by atoms with Crippen molar-refractivity contribution in [2.24, 2.45) is 11.7 Å². The van der Waals surface area contributed by atoms with E-state index in [1.165, 1.54) is 18.6 Å². The van der Waals surface area contributed by atoms with Gasteiger partial charge in [0.05, 0.1) is 5.56 Å². The van der Waals surface area contributed by atoms with Gasteiger partial charge in [0.15, 0.2) is 0 Å². The number of rotatable bonds is 5. The summed E-state index contributed by atoms with van der Waals surface area (Å²) < 4.78 is 0. The number of hydrogen-bond acceptors (Lipinski definition) is 5. The molecule has 1 unspecified atom stereocenters. The molecule has 0 aliphatic heterocycles. The van der Waals surface area contributed by atoms with E-state index in [0.717, 1.165) is 36.5 Å². The minimum absolute atomic E-state index is 0.0278. The lowest BCUT2D eigenvalue weighted by molar-refractivity contribution is -0.131. The Bertz CT molecular complexity index is 849. The van der Waals surface area contributed by atoms with Crippen LogP contribution in [0.5, 0.6) is 5.75 Å². The number of aliphatic hydroxyl groups is 1. The van der Waals surface area contributed by atoms with Crippen molar-refractivity contribution >= 4 is 22.6 Å². The Morgan fingerprint density at radius 3 is 2.39 bits per heavy atom. The van der Waals surface area contributed by atoms with Gasteiger partial charge in [-0.3, -0.25) is 20.4 Å². The summed E-state index contributed by atoms with van der Waals surface area (Å²) in [6, 6.07) is 9.64. The van der Waals surface area contributed by atoms with E-state index in [2.05, 4.69) is 10.9 Å². The van der Waals surface area contributed by atoms with Crippen LogP contribution in [0.4, 0.5) is 0 Å². The molecule has 1 aliphatic carbocycles. The monoisotopic (exact) mass is 385 g/mol. The number of nitrogens with one attached hydrogen (secondary N) is 2. The predicted octanol–water partition coefficient (Wildman–Crippen LogP) is 1.96. The molecule has 7 nitrogen and oxygen atoms in total. The molecule has 150 valence electrons. The van der Waals surface area contributed by atoms with Gasteiger partial charge in [0.2, 0.25) is 0 Å². The van der Waals surface area contributed by atoms with Crippen LogP contribution in [0.15, 0.2) is 36.4 Å². The molecule has 1 saturated carbocycles. The lowest BCUT2D eigenvalue weighted by Gasteiger charge is -2.26. The van der Waals surface area contributed by atoms with Crippen molar-refractivity contribution in [3.8, 4) is 5.75 Å². The summed E-state index contributed by atoms with van der Waals surface area (Å²) in [6.45, 7) is 0. The maximum absolute atomic E-state index is 12.3. The number of carbonyl (C=O) groups is 2. The van der Waals surface area contributed by atoms with E-state index < -0.39 is 24.0 Å². The predicted molar refractivity (Wildman–Crippen MR) is 106 cm³/mol. The van der Waals surface area contributed by atoms with Gasteiger partial charge >= 0.3 is 0 Å². The summed E-state index contributed by atoms with van der Waals surface area (Å²) in [6.07, 6.45) is 4.85. The highest BCUT2D eigenvalue weighted by molar-refractivity contribution is 6.02. The Kier molecular flexibility index (Phi) is 6.49. The fraction of sp³-hybridized carbons (Fsp3) is 0.429. The number of phenols is 1. The number of carbonyl (C=O) groups excluding carboxylic acids is 2. The highest BCUT2D eigenvalue weighted by Crippen LogP contribution is 2.27. The lowest BCUT2D eigenvalue weighted by atomic mass is 9.84. The summed E-state index contributed by atoms with van der Waals surface area (Å²) in [7, 11) is 0. The summed E-state index contributed by atoms with van der Waals surface area (Å²) in [5.74, 6) is -1.21. The van der Waals surface area contributed by atoms with Crippen molar-refractivity contribution in [3.05, 3.63) is 42.0 Å². The maximum Gasteiger partial charge on any atom is 0.273 e. The van der Waals surface area contributed by atoms with Gasteiger partial charge in [-0.15, -0.1) is 0 Å². The molecule has 6 N–H and O–H groups in total. The zero-order chi connectivity index (χ0) is 20.1. The van der Waals surface area contributed by atoms with Gasteiger partial charge in [-0.1, -0.05) is 56.4 Å². The molecule has 7 heteroatoms. The van der Waals surface area contributed by atoms with Crippen LogP contribution >= 0.6 is 0 Å². The summed E-state index contributed by atoms with van der Waals surface area (Å²) in [5, 5.41) is 21.8. The van der Waals surface area contributed by atoms with E-state index >= 15 is 0 Å². The summed E-state index contributed by atoms with van der Waals surface area (Å²) in [5.41, 5.74) is 10.4. The van der Waals surface area contributed by atoms with Gasteiger partial charge in [0, 0.05) is 6.04 Å². The third-order valence-corrected chi connectivity index (χ3v) is 5.41. The van der Waals surface area contributed by atoms with Crippen LogP contribution in [0.3, 0.4) is 0 Å². The number of nitrogens with two attached hydrogens (primary N) is 1. The van der Waals surface area contributed by atoms with Gasteiger partial charge in [-0.2, -0.15) is 0 Å². The van der Waals surface area contributed by atoms with E-state index in [4.69, 9.17) is 5.73 Å². The molecular formula is C21H27N3O4. The summed E-state index contributed by atoms with van der Waals surface area (Å²) in [4.78, 5) is 24.5. The minimum atomic E-state index is -1.41. The zero-order valence-electron chi connectivity index (χ0n) is 15.7. The molecule has 0 heterocycles. The average molecular weight is 385 g/mol. The molecule has 3 rings (SSSR count). The van der Waals surface area contributed by atoms with E-state index in [1.54, 1.807) is 0 Å². The number of aromatic hydroxyl groups is 1. The molecule has 28 heavy (non-hydrogen) atoms. The van der Waals surface area contributed by atoms with Crippen molar-refractivity contribution in [2.75, 3.05) is 0 Å². The standard InChI is InChI=1S/C21H27N3O4/c22-17(10-13-6-2-1-3-7-13)19(26)21(28)24-23-20(27)16-11-14-8-4-5-9-15(14)12-18(16)25/h4-5,8-9,11-13,17,19,25-26H,1-3,6-7,10,22H2,(H,23,27)(H,24,28)/t17-,19?/m1/s1. The second-order valence-electron chi connectivity index (χ2n) is 7.51. The molecule has 1 fully saturated rings. The Balaban J connectivity index is 1.56. The number of hydrazine groups is 1. The molecule has 0 radical (unpaired) electrons. The third-order valence-electron chi connectivity index (χ3n) is 5.41. The number of fused-ring (bicyclic) bond motifs is 1. The molecule has 2 amide bonds. The first kappa shape index (κ1) is 20.1. The van der Waals surface area contributed by atoms with E-state index in [9.17, 15) is 19.8 Å². The molecular weight excluding hydrogens is 358 g/mol. The quantitative estimate of drug-likeness (QED) is 0.503. The van der Waals surface area contributed by atoms with E-state index in [-0.39, 0.29) is 11.3 Å². The largest absolute Gasteiger partial charge is 0.507 e. The van der Waals surface area contributed by atoms with Crippen LogP contribution in [0.1, 0.15) is 48.9 Å². The minimum Gasteiger partial charge on any atom is -0.507 e. The molecule has 0 aromatic heterocycles. The van der Waals surface area contributed by atoms with Gasteiger partial charge in [-0.05, 0) is 35.2 Å². The van der Waals surface area contributed by atoms with Crippen LogP contribution in [0.25, 0.3) is 10.8 Å². The van der Waals surface area contributed by atoms with Crippen LogP contribution in [0.2, 0.25) is 0 Å². The Morgan fingerprint density at radius 2 is 1.71 bits per heavy atom. The third kappa shape index (κ3) is 4.79. The SMILES string of the molecule is N[C@H](CC1CCCCC1)C(O)C(=O)NNC(=O)c1cc2ccccc2cc1O.